The molecule has 1 aromatic rings. The van der Waals surface area contributed by atoms with Gasteiger partial charge in [0.25, 0.3) is 0 Å². The first-order chi connectivity index (χ1) is 10.2. The maximum Gasteiger partial charge on any atom is 0.338 e. The second kappa shape index (κ2) is 5.93. The van der Waals surface area contributed by atoms with Gasteiger partial charge in [0.15, 0.2) is 11.5 Å². The van der Waals surface area contributed by atoms with E-state index in [1.807, 2.05) is 0 Å². The Morgan fingerprint density at radius 1 is 1.14 bits per heavy atom. The fraction of sp³-hybridized carbons (Fsp3) is 0.562. The van der Waals surface area contributed by atoms with Crippen molar-refractivity contribution in [2.75, 3.05) is 33.9 Å². The monoisotopic (exact) mass is 291 g/mol. The number of piperidine rings is 3. The Kier molecular flexibility index (Phi) is 4.01. The lowest BCUT2D eigenvalue weighted by atomic mass is 9.86. The van der Waals surface area contributed by atoms with Crippen LogP contribution in [0.2, 0.25) is 0 Å². The van der Waals surface area contributed by atoms with Crippen molar-refractivity contribution in [3.05, 3.63) is 23.8 Å². The third-order valence-electron chi connectivity index (χ3n) is 4.47. The molecule has 1 aromatic carbocycles. The second-order valence-corrected chi connectivity index (χ2v) is 5.65. The van der Waals surface area contributed by atoms with Gasteiger partial charge in [-0.3, -0.25) is 4.90 Å². The Labute approximate surface area is 124 Å². The summed E-state index contributed by atoms with van der Waals surface area (Å²) in [6.07, 6.45) is 2.28. The van der Waals surface area contributed by atoms with Crippen LogP contribution < -0.4 is 9.47 Å². The van der Waals surface area contributed by atoms with Crippen molar-refractivity contribution < 1.29 is 19.0 Å². The fourth-order valence-corrected chi connectivity index (χ4v) is 3.21. The molecule has 3 aliphatic heterocycles. The lowest BCUT2D eigenvalue weighted by molar-refractivity contribution is -0.0455. The molecule has 0 radical (unpaired) electrons. The molecule has 0 aromatic heterocycles. The van der Waals surface area contributed by atoms with Crippen molar-refractivity contribution in [1.82, 2.24) is 4.90 Å². The molecule has 0 amide bonds. The Balaban J connectivity index is 1.70. The van der Waals surface area contributed by atoms with Gasteiger partial charge in [0.1, 0.15) is 6.10 Å². The second-order valence-electron chi connectivity index (χ2n) is 5.65. The van der Waals surface area contributed by atoms with E-state index in [9.17, 15) is 4.79 Å². The third kappa shape index (κ3) is 2.83. The molecule has 0 aliphatic carbocycles. The topological polar surface area (TPSA) is 48.0 Å². The van der Waals surface area contributed by atoms with Crippen molar-refractivity contribution in [3.63, 3.8) is 0 Å². The van der Waals surface area contributed by atoms with Crippen LogP contribution in [0, 0.1) is 5.92 Å². The Bertz CT molecular complexity index is 523. The number of benzene rings is 1. The molecule has 5 nitrogen and oxygen atoms in total. The number of nitrogens with zero attached hydrogens (tertiary/aromatic N) is 1. The van der Waals surface area contributed by atoms with Crippen LogP contribution >= 0.6 is 0 Å². The highest BCUT2D eigenvalue weighted by atomic mass is 16.5. The zero-order chi connectivity index (χ0) is 14.8. The van der Waals surface area contributed by atoms with E-state index in [0.717, 1.165) is 32.5 Å². The number of carbonyl (C=O) groups is 1. The van der Waals surface area contributed by atoms with E-state index in [1.54, 1.807) is 32.4 Å². The van der Waals surface area contributed by atoms with Crippen molar-refractivity contribution in [2.24, 2.45) is 5.92 Å². The molecule has 21 heavy (non-hydrogen) atoms. The van der Waals surface area contributed by atoms with Gasteiger partial charge < -0.3 is 14.2 Å². The quantitative estimate of drug-likeness (QED) is 0.794. The van der Waals surface area contributed by atoms with Gasteiger partial charge >= 0.3 is 5.97 Å². The molecular weight excluding hydrogens is 270 g/mol. The molecule has 3 aliphatic rings. The first-order valence-electron chi connectivity index (χ1n) is 7.36. The third-order valence-corrected chi connectivity index (χ3v) is 4.47. The van der Waals surface area contributed by atoms with Gasteiger partial charge in [-0.1, -0.05) is 0 Å². The summed E-state index contributed by atoms with van der Waals surface area (Å²) >= 11 is 0. The normalized spacial score (nSPS) is 27.2. The Morgan fingerprint density at radius 2 is 1.86 bits per heavy atom. The molecule has 0 spiro atoms. The predicted molar refractivity (Wildman–Crippen MR) is 77.9 cm³/mol. The summed E-state index contributed by atoms with van der Waals surface area (Å²) in [5, 5.41) is 0. The molecular formula is C16H21NO4. The fourth-order valence-electron chi connectivity index (χ4n) is 3.21. The van der Waals surface area contributed by atoms with Gasteiger partial charge in [0, 0.05) is 6.54 Å². The van der Waals surface area contributed by atoms with Gasteiger partial charge in [0.2, 0.25) is 0 Å². The lowest BCUT2D eigenvalue weighted by Gasteiger charge is -2.43. The number of hydrogen-bond donors (Lipinski definition) is 0. The summed E-state index contributed by atoms with van der Waals surface area (Å²) in [5.74, 6) is 1.38. The van der Waals surface area contributed by atoms with Crippen LogP contribution in [-0.2, 0) is 4.74 Å². The van der Waals surface area contributed by atoms with E-state index in [2.05, 4.69) is 4.90 Å². The van der Waals surface area contributed by atoms with Crippen LogP contribution in [-0.4, -0.2) is 50.8 Å². The lowest BCUT2D eigenvalue weighted by Crippen LogP contribution is -2.51. The predicted octanol–water partition coefficient (Wildman–Crippen LogP) is 1.95. The van der Waals surface area contributed by atoms with Gasteiger partial charge in [-0.05, 0) is 50.0 Å². The summed E-state index contributed by atoms with van der Waals surface area (Å²) < 4.78 is 16.1. The highest BCUT2D eigenvalue weighted by Crippen LogP contribution is 2.31. The molecule has 1 unspecified atom stereocenters. The minimum absolute atomic E-state index is 0.0214. The Hall–Kier alpha value is -1.75. The molecule has 3 saturated heterocycles. The van der Waals surface area contributed by atoms with Crippen LogP contribution in [0.1, 0.15) is 23.2 Å². The van der Waals surface area contributed by atoms with Crippen molar-refractivity contribution >= 4 is 5.97 Å². The number of hydrogen-bond acceptors (Lipinski definition) is 5. The average Bonchev–Trinajstić information content (AvgIpc) is 2.55. The molecule has 114 valence electrons. The van der Waals surface area contributed by atoms with E-state index >= 15 is 0 Å². The maximum absolute atomic E-state index is 12.3. The van der Waals surface area contributed by atoms with Crippen molar-refractivity contribution in [3.8, 4) is 11.5 Å². The van der Waals surface area contributed by atoms with E-state index in [4.69, 9.17) is 14.2 Å². The van der Waals surface area contributed by atoms with E-state index < -0.39 is 0 Å². The summed E-state index contributed by atoms with van der Waals surface area (Å²) in [7, 11) is 3.13. The molecule has 4 rings (SSSR count). The number of ether oxygens (including phenoxy) is 3. The smallest absolute Gasteiger partial charge is 0.338 e. The van der Waals surface area contributed by atoms with Gasteiger partial charge in [-0.25, -0.2) is 4.79 Å². The van der Waals surface area contributed by atoms with E-state index in [0.29, 0.717) is 23.0 Å². The molecule has 2 bridgehead atoms. The molecule has 0 saturated carbocycles. The average molecular weight is 291 g/mol. The van der Waals surface area contributed by atoms with Crippen LogP contribution in [0.4, 0.5) is 0 Å². The molecule has 0 N–H and O–H groups in total. The van der Waals surface area contributed by atoms with Gasteiger partial charge in [-0.2, -0.15) is 0 Å². The van der Waals surface area contributed by atoms with Crippen molar-refractivity contribution in [2.45, 2.75) is 18.9 Å². The summed E-state index contributed by atoms with van der Waals surface area (Å²) in [5.41, 5.74) is 0.504. The summed E-state index contributed by atoms with van der Waals surface area (Å²) in [4.78, 5) is 14.7. The first-order valence-corrected chi connectivity index (χ1v) is 7.36. The number of rotatable bonds is 4. The summed E-state index contributed by atoms with van der Waals surface area (Å²) in [6.45, 7) is 3.13. The zero-order valence-electron chi connectivity index (χ0n) is 12.5. The van der Waals surface area contributed by atoms with Crippen molar-refractivity contribution in [1.29, 1.82) is 0 Å². The minimum atomic E-state index is -0.283. The highest BCUT2D eigenvalue weighted by Gasteiger charge is 2.36. The maximum atomic E-state index is 12.3. The van der Waals surface area contributed by atoms with Gasteiger partial charge in [0.05, 0.1) is 19.8 Å². The highest BCUT2D eigenvalue weighted by molar-refractivity contribution is 5.90. The molecule has 3 heterocycles. The molecule has 5 heteroatoms. The molecule has 3 fully saturated rings. The van der Waals surface area contributed by atoms with Crippen LogP contribution in [0.25, 0.3) is 0 Å². The zero-order valence-corrected chi connectivity index (χ0v) is 12.5. The standard InChI is InChI=1S/C16H21NO4/c1-19-13-4-3-12(9-14(13)20-2)16(18)21-15-10-17-7-5-11(15)6-8-17/h3-4,9,11,15H,5-8,10H2,1-2H3. The van der Waals surface area contributed by atoms with E-state index in [1.165, 1.54) is 0 Å². The van der Waals surface area contributed by atoms with Crippen LogP contribution in [0.5, 0.6) is 11.5 Å². The number of methoxy groups -OCH3 is 2. The number of fused-ring (bicyclic) bond motifs is 3. The van der Waals surface area contributed by atoms with Gasteiger partial charge in [-0.15, -0.1) is 0 Å². The SMILES string of the molecule is COc1ccc(C(=O)OC2CN3CCC2CC3)cc1OC. The van der Waals surface area contributed by atoms with E-state index in [-0.39, 0.29) is 12.1 Å². The number of esters is 1. The van der Waals surface area contributed by atoms with Crippen LogP contribution in [0.3, 0.4) is 0 Å². The molecule has 1 atom stereocenters. The number of carbonyl (C=O) groups excluding carboxylic acids is 1. The largest absolute Gasteiger partial charge is 0.493 e. The summed E-state index contributed by atoms with van der Waals surface area (Å²) in [6, 6.07) is 5.11. The van der Waals surface area contributed by atoms with Crippen LogP contribution in [0.15, 0.2) is 18.2 Å². The first kappa shape index (κ1) is 14.2. The minimum Gasteiger partial charge on any atom is -0.493 e. The Morgan fingerprint density at radius 3 is 2.43 bits per heavy atom.